The van der Waals surface area contributed by atoms with E-state index >= 15 is 0 Å². The third kappa shape index (κ3) is 6.11. The van der Waals surface area contributed by atoms with Crippen LogP contribution in [0.2, 0.25) is 0 Å². The Morgan fingerprint density at radius 3 is 2.48 bits per heavy atom. The zero-order valence-electron chi connectivity index (χ0n) is 12.7. The lowest BCUT2D eigenvalue weighted by Gasteiger charge is -2.34. The molecule has 1 saturated heterocycles. The van der Waals surface area contributed by atoms with Crippen molar-refractivity contribution in [3.05, 3.63) is 12.7 Å². The molecule has 0 amide bonds. The van der Waals surface area contributed by atoms with Gasteiger partial charge < -0.3 is 15.4 Å². The van der Waals surface area contributed by atoms with E-state index < -0.39 is 14.6 Å². The molecular formula is C13H26IN3O3S. The van der Waals surface area contributed by atoms with Crippen LogP contribution in [0.25, 0.3) is 0 Å². The second kappa shape index (κ2) is 9.62. The molecule has 124 valence electrons. The van der Waals surface area contributed by atoms with E-state index in [1.54, 1.807) is 6.08 Å². The Balaban J connectivity index is 0.00000400. The highest BCUT2D eigenvalue weighted by Gasteiger charge is 2.42. The number of aliphatic imine (C=N–C) groups is 1. The number of guanidine groups is 1. The second-order valence-corrected chi connectivity index (χ2v) is 7.34. The summed E-state index contributed by atoms with van der Waals surface area (Å²) in [7, 11) is -3.18. The van der Waals surface area contributed by atoms with Gasteiger partial charge in [0.25, 0.3) is 0 Å². The molecule has 1 aliphatic rings. The van der Waals surface area contributed by atoms with E-state index in [9.17, 15) is 8.42 Å². The first-order valence-electron chi connectivity index (χ1n) is 6.85. The second-order valence-electron chi connectivity index (χ2n) is 4.93. The van der Waals surface area contributed by atoms with Gasteiger partial charge in [0.15, 0.2) is 15.8 Å². The van der Waals surface area contributed by atoms with Gasteiger partial charge in [0.2, 0.25) is 0 Å². The molecule has 1 aliphatic heterocycles. The van der Waals surface area contributed by atoms with E-state index in [0.717, 1.165) is 6.54 Å². The number of nitrogens with one attached hydrogen (secondary N) is 2. The summed E-state index contributed by atoms with van der Waals surface area (Å²) in [6.07, 6.45) is 4.01. The van der Waals surface area contributed by atoms with Crippen molar-refractivity contribution >= 4 is 39.8 Å². The number of ether oxygens (including phenoxy) is 1. The van der Waals surface area contributed by atoms with Gasteiger partial charge in [0.1, 0.15) is 0 Å². The molecule has 8 heteroatoms. The molecule has 1 fully saturated rings. The van der Waals surface area contributed by atoms with Gasteiger partial charge in [-0.05, 0) is 19.8 Å². The first-order valence-corrected chi connectivity index (χ1v) is 8.75. The summed E-state index contributed by atoms with van der Waals surface area (Å²) in [6.45, 7) is 8.10. The number of halogens is 1. The van der Waals surface area contributed by atoms with Crippen LogP contribution < -0.4 is 10.6 Å². The average Bonchev–Trinajstić information content (AvgIpc) is 2.42. The average molecular weight is 431 g/mol. The molecule has 2 N–H and O–H groups in total. The van der Waals surface area contributed by atoms with E-state index in [1.165, 1.54) is 6.26 Å². The quantitative estimate of drug-likeness (QED) is 0.283. The molecule has 0 aromatic rings. The Morgan fingerprint density at radius 2 is 2.00 bits per heavy atom. The summed E-state index contributed by atoms with van der Waals surface area (Å²) in [5.41, 5.74) is 0. The van der Waals surface area contributed by atoms with E-state index in [-0.39, 0.29) is 30.5 Å². The van der Waals surface area contributed by atoms with E-state index in [0.29, 0.717) is 38.6 Å². The summed E-state index contributed by atoms with van der Waals surface area (Å²) >= 11 is 0. The van der Waals surface area contributed by atoms with Crippen molar-refractivity contribution in [1.82, 2.24) is 10.6 Å². The lowest BCUT2D eigenvalue weighted by molar-refractivity contribution is 0.0768. The summed E-state index contributed by atoms with van der Waals surface area (Å²) in [4.78, 5) is 4.43. The Morgan fingerprint density at radius 1 is 1.38 bits per heavy atom. The molecule has 0 atom stereocenters. The predicted molar refractivity (Wildman–Crippen MR) is 97.2 cm³/mol. The van der Waals surface area contributed by atoms with Crippen molar-refractivity contribution in [3.8, 4) is 0 Å². The molecule has 1 rings (SSSR count). The SMILES string of the molecule is C=CCNC(=NCC1(S(C)(=O)=O)CCOCC1)NCC.I. The normalized spacial score (nSPS) is 18.5. The standard InChI is InChI=1S/C13H25N3O3S.HI/c1-4-8-15-12(14-5-2)16-11-13(20(3,17)18)6-9-19-10-7-13;/h4H,1,5-11H2,2-3H3,(H2,14,15,16);1H. The van der Waals surface area contributed by atoms with Gasteiger partial charge in [-0.3, -0.25) is 4.99 Å². The minimum atomic E-state index is -3.18. The number of rotatable bonds is 6. The zero-order chi connectivity index (χ0) is 15.1. The zero-order valence-corrected chi connectivity index (χ0v) is 15.9. The maximum atomic E-state index is 12.1. The van der Waals surface area contributed by atoms with Crippen LogP contribution in [-0.4, -0.2) is 58.2 Å². The minimum absolute atomic E-state index is 0. The smallest absolute Gasteiger partial charge is 0.191 e. The highest BCUT2D eigenvalue weighted by atomic mass is 127. The molecule has 0 saturated carbocycles. The van der Waals surface area contributed by atoms with Crippen LogP contribution >= 0.6 is 24.0 Å². The fourth-order valence-corrected chi connectivity index (χ4v) is 3.33. The number of hydrogen-bond donors (Lipinski definition) is 2. The highest BCUT2D eigenvalue weighted by molar-refractivity contribution is 14.0. The van der Waals surface area contributed by atoms with Gasteiger partial charge in [-0.25, -0.2) is 8.42 Å². The van der Waals surface area contributed by atoms with Gasteiger partial charge in [0, 0.05) is 32.6 Å². The molecule has 1 heterocycles. The van der Waals surface area contributed by atoms with Crippen molar-refractivity contribution in [1.29, 1.82) is 0 Å². The molecule has 0 aliphatic carbocycles. The van der Waals surface area contributed by atoms with Gasteiger partial charge in [0.05, 0.1) is 11.3 Å². The summed E-state index contributed by atoms with van der Waals surface area (Å²) in [5.74, 6) is 0.613. The van der Waals surface area contributed by atoms with Crippen LogP contribution in [0.3, 0.4) is 0 Å². The van der Waals surface area contributed by atoms with Crippen molar-refractivity contribution in [3.63, 3.8) is 0 Å². The van der Waals surface area contributed by atoms with Crippen LogP contribution in [-0.2, 0) is 14.6 Å². The van der Waals surface area contributed by atoms with Gasteiger partial charge in [-0.2, -0.15) is 0 Å². The predicted octanol–water partition coefficient (Wildman–Crippen LogP) is 0.939. The van der Waals surface area contributed by atoms with Crippen LogP contribution in [0.15, 0.2) is 17.6 Å². The Bertz CT molecular complexity index is 446. The van der Waals surface area contributed by atoms with Gasteiger partial charge in [-0.15, -0.1) is 30.6 Å². The van der Waals surface area contributed by atoms with Crippen LogP contribution in [0.5, 0.6) is 0 Å². The summed E-state index contributed by atoms with van der Waals surface area (Å²) in [5, 5.41) is 6.16. The largest absolute Gasteiger partial charge is 0.381 e. The van der Waals surface area contributed by atoms with Crippen molar-refractivity contribution in [2.24, 2.45) is 4.99 Å². The molecule has 0 radical (unpaired) electrons. The maximum Gasteiger partial charge on any atom is 0.191 e. The third-order valence-corrected chi connectivity index (χ3v) is 5.58. The minimum Gasteiger partial charge on any atom is -0.381 e. The monoisotopic (exact) mass is 431 g/mol. The highest BCUT2D eigenvalue weighted by Crippen LogP contribution is 2.29. The number of hydrogen-bond acceptors (Lipinski definition) is 4. The summed E-state index contributed by atoms with van der Waals surface area (Å²) in [6, 6.07) is 0. The lowest BCUT2D eigenvalue weighted by atomic mass is 9.99. The lowest BCUT2D eigenvalue weighted by Crippen LogP contribution is -2.47. The van der Waals surface area contributed by atoms with Crippen molar-refractivity contribution in [2.45, 2.75) is 24.5 Å². The summed E-state index contributed by atoms with van der Waals surface area (Å²) < 4.78 is 28.7. The van der Waals surface area contributed by atoms with E-state index in [1.807, 2.05) is 6.92 Å². The van der Waals surface area contributed by atoms with E-state index in [4.69, 9.17) is 4.74 Å². The van der Waals surface area contributed by atoms with Gasteiger partial charge in [-0.1, -0.05) is 6.08 Å². The first kappa shape index (κ1) is 20.6. The van der Waals surface area contributed by atoms with Crippen LogP contribution in [0.4, 0.5) is 0 Å². The topological polar surface area (TPSA) is 79.8 Å². The number of sulfone groups is 1. The van der Waals surface area contributed by atoms with Crippen molar-refractivity contribution in [2.75, 3.05) is 39.1 Å². The molecule has 21 heavy (non-hydrogen) atoms. The first-order chi connectivity index (χ1) is 9.45. The fraction of sp³-hybridized carbons (Fsp3) is 0.769. The third-order valence-electron chi connectivity index (χ3n) is 3.47. The van der Waals surface area contributed by atoms with E-state index in [2.05, 4.69) is 22.2 Å². The molecule has 0 bridgehead atoms. The van der Waals surface area contributed by atoms with Crippen LogP contribution in [0.1, 0.15) is 19.8 Å². The molecule has 0 unspecified atom stereocenters. The fourth-order valence-electron chi connectivity index (χ4n) is 2.12. The number of nitrogens with zero attached hydrogens (tertiary/aromatic N) is 1. The maximum absolute atomic E-state index is 12.1. The van der Waals surface area contributed by atoms with Gasteiger partial charge >= 0.3 is 0 Å². The molecular weight excluding hydrogens is 405 g/mol. The molecule has 0 spiro atoms. The Labute approximate surface area is 144 Å². The molecule has 0 aromatic carbocycles. The Kier molecular flexibility index (Phi) is 9.46. The Hall–Kier alpha value is -0.350. The van der Waals surface area contributed by atoms with Crippen LogP contribution in [0, 0.1) is 0 Å². The molecule has 6 nitrogen and oxygen atoms in total. The van der Waals surface area contributed by atoms with Crippen molar-refractivity contribution < 1.29 is 13.2 Å². The molecule has 0 aromatic heterocycles.